The van der Waals surface area contributed by atoms with Crippen molar-refractivity contribution in [2.45, 2.75) is 26.7 Å². The van der Waals surface area contributed by atoms with Gasteiger partial charge in [-0.25, -0.2) is 9.59 Å². The second kappa shape index (κ2) is 8.05. The number of esters is 2. The van der Waals surface area contributed by atoms with Gasteiger partial charge in [-0.1, -0.05) is 29.8 Å². The molecule has 0 saturated carbocycles. The molecule has 1 aromatic carbocycles. The predicted octanol–water partition coefficient (Wildman–Crippen LogP) is 2.95. The first-order valence-electron chi connectivity index (χ1n) is 9.06. The van der Waals surface area contributed by atoms with E-state index in [1.807, 2.05) is 30.0 Å². The third-order valence-corrected chi connectivity index (χ3v) is 5.08. The molecule has 2 aliphatic rings. The zero-order chi connectivity index (χ0) is 19.6. The van der Waals surface area contributed by atoms with E-state index in [2.05, 4.69) is 5.32 Å². The summed E-state index contributed by atoms with van der Waals surface area (Å²) in [6.45, 7) is 7.18. The van der Waals surface area contributed by atoms with Gasteiger partial charge in [0.2, 0.25) is 0 Å². The highest BCUT2D eigenvalue weighted by molar-refractivity contribution is 6.31. The number of carbonyl (C=O) groups excluding carboxylic acids is 2. The molecule has 6 nitrogen and oxygen atoms in total. The van der Waals surface area contributed by atoms with E-state index in [4.69, 9.17) is 21.1 Å². The Kier molecular flexibility index (Phi) is 5.75. The number of allylic oxidation sites excluding steroid dienone is 1. The van der Waals surface area contributed by atoms with E-state index in [9.17, 15) is 9.59 Å². The summed E-state index contributed by atoms with van der Waals surface area (Å²) in [5.74, 6) is -0.906. The van der Waals surface area contributed by atoms with Gasteiger partial charge < -0.3 is 19.7 Å². The molecular formula is C20H23ClN2O4. The Bertz CT molecular complexity index is 831. The summed E-state index contributed by atoms with van der Waals surface area (Å²) in [4.78, 5) is 27.7. The van der Waals surface area contributed by atoms with E-state index in [-0.39, 0.29) is 13.2 Å². The quantitative estimate of drug-likeness (QED) is 0.779. The SMILES string of the molecule is CCOC(=O)C1=C(C)N2CCNC2=C(C(=O)OCC)C1c1ccccc1Cl. The van der Waals surface area contributed by atoms with Crippen LogP contribution in [0.1, 0.15) is 32.3 Å². The van der Waals surface area contributed by atoms with E-state index in [1.165, 1.54) is 0 Å². The van der Waals surface area contributed by atoms with Crippen molar-refractivity contribution in [3.05, 3.63) is 57.5 Å². The van der Waals surface area contributed by atoms with E-state index >= 15 is 0 Å². The highest BCUT2D eigenvalue weighted by atomic mass is 35.5. The first kappa shape index (κ1) is 19.3. The van der Waals surface area contributed by atoms with Crippen molar-refractivity contribution >= 4 is 23.5 Å². The van der Waals surface area contributed by atoms with Gasteiger partial charge in [-0.15, -0.1) is 0 Å². The van der Waals surface area contributed by atoms with Crippen molar-refractivity contribution in [1.29, 1.82) is 0 Å². The molecule has 1 saturated heterocycles. The van der Waals surface area contributed by atoms with Gasteiger partial charge in [0.1, 0.15) is 5.82 Å². The summed E-state index contributed by atoms with van der Waals surface area (Å²) >= 11 is 6.46. The van der Waals surface area contributed by atoms with Crippen LogP contribution < -0.4 is 5.32 Å². The topological polar surface area (TPSA) is 67.9 Å². The average Bonchev–Trinajstić information content (AvgIpc) is 3.12. The molecule has 1 aromatic rings. The number of hydrogen-bond acceptors (Lipinski definition) is 6. The standard InChI is InChI=1S/C20H23ClN2O4/c1-4-26-19(24)15-12(3)23-11-10-22-18(23)17(20(25)27-5-2)16(15)13-8-6-7-9-14(13)21/h6-9,16,22H,4-5,10-11H2,1-3H3. The second-order valence-electron chi connectivity index (χ2n) is 6.24. The van der Waals surface area contributed by atoms with Crippen LogP contribution in [-0.4, -0.2) is 43.1 Å². The number of hydrogen-bond donors (Lipinski definition) is 1. The zero-order valence-corrected chi connectivity index (χ0v) is 16.4. The molecule has 1 unspecified atom stereocenters. The van der Waals surface area contributed by atoms with Crippen LogP contribution in [0.2, 0.25) is 5.02 Å². The third kappa shape index (κ3) is 3.41. The Morgan fingerprint density at radius 3 is 2.41 bits per heavy atom. The van der Waals surface area contributed by atoms with Crippen molar-refractivity contribution in [3.8, 4) is 0 Å². The van der Waals surface area contributed by atoms with Gasteiger partial charge in [0.05, 0.1) is 30.3 Å². The van der Waals surface area contributed by atoms with Gasteiger partial charge in [-0.2, -0.15) is 0 Å². The van der Waals surface area contributed by atoms with Crippen LogP contribution >= 0.6 is 11.6 Å². The fraction of sp³-hybridized carbons (Fsp3) is 0.400. The molecule has 2 heterocycles. The number of benzene rings is 1. The van der Waals surface area contributed by atoms with Crippen molar-refractivity contribution in [1.82, 2.24) is 10.2 Å². The molecule has 1 fully saturated rings. The number of halogens is 1. The third-order valence-electron chi connectivity index (χ3n) is 4.73. The molecule has 3 rings (SSSR count). The minimum absolute atomic E-state index is 0.238. The molecule has 2 aliphatic heterocycles. The number of ether oxygens (including phenoxy) is 2. The molecule has 1 atom stereocenters. The van der Waals surface area contributed by atoms with Gasteiger partial charge >= 0.3 is 11.9 Å². The van der Waals surface area contributed by atoms with Crippen LogP contribution in [0, 0.1) is 0 Å². The maximum atomic E-state index is 12.9. The maximum Gasteiger partial charge on any atom is 0.338 e. The lowest BCUT2D eigenvalue weighted by atomic mass is 9.81. The molecule has 0 spiro atoms. The van der Waals surface area contributed by atoms with Crippen LogP contribution in [0.15, 0.2) is 46.9 Å². The first-order valence-corrected chi connectivity index (χ1v) is 9.44. The Labute approximate surface area is 163 Å². The maximum absolute atomic E-state index is 12.9. The molecule has 0 radical (unpaired) electrons. The smallest absolute Gasteiger partial charge is 0.338 e. The average molecular weight is 391 g/mol. The normalized spacial score (nSPS) is 19.0. The summed E-state index contributed by atoms with van der Waals surface area (Å²) in [6.07, 6.45) is 0. The van der Waals surface area contributed by atoms with E-state index in [1.54, 1.807) is 19.9 Å². The van der Waals surface area contributed by atoms with E-state index < -0.39 is 17.9 Å². The fourth-order valence-corrected chi connectivity index (χ4v) is 3.87. The number of carbonyl (C=O) groups is 2. The lowest BCUT2D eigenvalue weighted by Gasteiger charge is -2.35. The summed E-state index contributed by atoms with van der Waals surface area (Å²) < 4.78 is 10.6. The monoisotopic (exact) mass is 390 g/mol. The lowest BCUT2D eigenvalue weighted by molar-refractivity contribution is -0.139. The van der Waals surface area contributed by atoms with E-state index in [0.717, 1.165) is 5.70 Å². The van der Waals surface area contributed by atoms with Crippen molar-refractivity contribution in [2.75, 3.05) is 26.3 Å². The fourth-order valence-electron chi connectivity index (χ4n) is 3.62. The minimum Gasteiger partial charge on any atom is -0.463 e. The Hall–Kier alpha value is -2.47. The molecule has 0 bridgehead atoms. The molecule has 0 aromatic heterocycles. The van der Waals surface area contributed by atoms with Crippen molar-refractivity contribution < 1.29 is 19.1 Å². The molecule has 7 heteroatoms. The summed E-state index contributed by atoms with van der Waals surface area (Å²) in [5, 5.41) is 3.74. The molecule has 0 amide bonds. The summed E-state index contributed by atoms with van der Waals surface area (Å²) in [6, 6.07) is 7.22. The van der Waals surface area contributed by atoms with Gasteiger partial charge in [0.15, 0.2) is 0 Å². The number of fused-ring (bicyclic) bond motifs is 1. The number of nitrogens with zero attached hydrogens (tertiary/aromatic N) is 1. The van der Waals surface area contributed by atoms with Gasteiger partial charge in [-0.3, -0.25) is 0 Å². The molecule has 144 valence electrons. The molecule has 1 N–H and O–H groups in total. The van der Waals surface area contributed by atoms with Crippen LogP contribution in [-0.2, 0) is 19.1 Å². The summed E-state index contributed by atoms with van der Waals surface area (Å²) in [5.41, 5.74) is 2.23. The van der Waals surface area contributed by atoms with Crippen LogP contribution in [0.25, 0.3) is 0 Å². The van der Waals surface area contributed by atoms with Crippen molar-refractivity contribution in [2.24, 2.45) is 0 Å². The van der Waals surface area contributed by atoms with Crippen molar-refractivity contribution in [3.63, 3.8) is 0 Å². The summed E-state index contributed by atoms with van der Waals surface area (Å²) in [7, 11) is 0. The van der Waals surface area contributed by atoms with Crippen LogP contribution in [0.5, 0.6) is 0 Å². The van der Waals surface area contributed by atoms with Gasteiger partial charge in [0.25, 0.3) is 0 Å². The molecule has 27 heavy (non-hydrogen) atoms. The number of nitrogens with one attached hydrogen (secondary N) is 1. The zero-order valence-electron chi connectivity index (χ0n) is 15.7. The Balaban J connectivity index is 2.25. The highest BCUT2D eigenvalue weighted by Crippen LogP contribution is 2.45. The Morgan fingerprint density at radius 2 is 1.78 bits per heavy atom. The van der Waals surface area contributed by atoms with Gasteiger partial charge in [0, 0.05) is 23.8 Å². The van der Waals surface area contributed by atoms with Gasteiger partial charge in [-0.05, 0) is 32.4 Å². The first-order chi connectivity index (χ1) is 13.0. The highest BCUT2D eigenvalue weighted by Gasteiger charge is 2.43. The second-order valence-corrected chi connectivity index (χ2v) is 6.64. The number of rotatable bonds is 5. The van der Waals surface area contributed by atoms with Crippen LogP contribution in [0.4, 0.5) is 0 Å². The molecular weight excluding hydrogens is 368 g/mol. The largest absolute Gasteiger partial charge is 0.463 e. The Morgan fingerprint density at radius 1 is 1.15 bits per heavy atom. The predicted molar refractivity (Wildman–Crippen MR) is 102 cm³/mol. The molecule has 0 aliphatic carbocycles. The van der Waals surface area contributed by atoms with Crippen LogP contribution in [0.3, 0.4) is 0 Å². The lowest BCUT2D eigenvalue weighted by Crippen LogP contribution is -2.35. The minimum atomic E-state index is -0.659. The van der Waals surface area contributed by atoms with E-state index in [0.29, 0.717) is 40.6 Å².